The van der Waals surface area contributed by atoms with E-state index in [1.165, 1.54) is 11.8 Å². The Bertz CT molecular complexity index is 926. The van der Waals surface area contributed by atoms with Gasteiger partial charge >= 0.3 is 0 Å². The van der Waals surface area contributed by atoms with Gasteiger partial charge in [0.15, 0.2) is 5.16 Å². The van der Waals surface area contributed by atoms with Crippen molar-refractivity contribution in [1.82, 2.24) is 20.1 Å². The highest BCUT2D eigenvalue weighted by Gasteiger charge is 2.13. The van der Waals surface area contributed by atoms with Gasteiger partial charge in [-0.15, -0.1) is 10.2 Å². The van der Waals surface area contributed by atoms with Crippen LogP contribution in [0.25, 0.3) is 5.69 Å². The smallest absolute Gasteiger partial charge is 0.230 e. The van der Waals surface area contributed by atoms with Gasteiger partial charge in [0.2, 0.25) is 5.91 Å². The van der Waals surface area contributed by atoms with E-state index in [4.69, 9.17) is 9.47 Å². The van der Waals surface area contributed by atoms with E-state index in [2.05, 4.69) is 15.5 Å². The van der Waals surface area contributed by atoms with Crippen molar-refractivity contribution < 1.29 is 14.3 Å². The minimum atomic E-state index is -0.0989. The molecular weight excluding hydrogens is 388 g/mol. The van der Waals surface area contributed by atoms with E-state index >= 15 is 0 Å². The average Bonchev–Trinajstić information content (AvgIpc) is 3.21. The molecule has 2 aromatic carbocycles. The van der Waals surface area contributed by atoms with Crippen molar-refractivity contribution in [1.29, 1.82) is 0 Å². The fraction of sp³-hybridized carbons (Fsp3) is 0.286. The predicted molar refractivity (Wildman–Crippen MR) is 113 cm³/mol. The number of benzene rings is 2. The lowest BCUT2D eigenvalue weighted by Gasteiger charge is -2.15. The molecule has 1 unspecified atom stereocenters. The molecular formula is C21H24N4O3S. The number of nitrogens with one attached hydrogen (secondary N) is 1. The van der Waals surface area contributed by atoms with Crippen LogP contribution in [0.4, 0.5) is 0 Å². The van der Waals surface area contributed by atoms with Crippen LogP contribution in [0.15, 0.2) is 60.0 Å². The van der Waals surface area contributed by atoms with Gasteiger partial charge in [-0.3, -0.25) is 9.36 Å². The van der Waals surface area contributed by atoms with Crippen molar-refractivity contribution in [3.63, 3.8) is 0 Å². The summed E-state index contributed by atoms with van der Waals surface area (Å²) in [5, 5.41) is 11.8. The van der Waals surface area contributed by atoms with Crippen molar-refractivity contribution in [3.8, 4) is 17.2 Å². The molecule has 29 heavy (non-hydrogen) atoms. The van der Waals surface area contributed by atoms with Crippen LogP contribution in [-0.2, 0) is 4.79 Å². The molecule has 0 spiro atoms. The maximum atomic E-state index is 12.4. The Hall–Kier alpha value is -3.00. The molecule has 0 fully saturated rings. The number of ether oxygens (including phenoxy) is 2. The zero-order chi connectivity index (χ0) is 20.6. The minimum Gasteiger partial charge on any atom is -0.497 e. The van der Waals surface area contributed by atoms with Gasteiger partial charge in [-0.05, 0) is 55.8 Å². The molecule has 0 aliphatic carbocycles. The van der Waals surface area contributed by atoms with Crippen LogP contribution < -0.4 is 14.8 Å². The molecule has 3 aromatic rings. The van der Waals surface area contributed by atoms with Gasteiger partial charge in [0.05, 0.1) is 25.5 Å². The second-order valence-electron chi connectivity index (χ2n) is 6.26. The summed E-state index contributed by atoms with van der Waals surface area (Å²) in [7, 11) is 1.63. The molecule has 1 N–H and O–H groups in total. The van der Waals surface area contributed by atoms with Crippen LogP contribution in [0.2, 0.25) is 0 Å². The molecule has 1 heterocycles. The normalized spacial score (nSPS) is 11.7. The topological polar surface area (TPSA) is 78.3 Å². The SMILES string of the molecule is CCOc1ccc(C(C)NC(=O)CSc2nncn2-c2ccc(OC)cc2)cc1. The van der Waals surface area contributed by atoms with Gasteiger partial charge in [-0.25, -0.2) is 0 Å². The van der Waals surface area contributed by atoms with Gasteiger partial charge in [0.1, 0.15) is 17.8 Å². The number of rotatable bonds is 9. The summed E-state index contributed by atoms with van der Waals surface area (Å²) in [5.74, 6) is 1.78. The number of amides is 1. The van der Waals surface area contributed by atoms with E-state index in [1.54, 1.807) is 13.4 Å². The second-order valence-corrected chi connectivity index (χ2v) is 7.20. The van der Waals surface area contributed by atoms with Crippen molar-refractivity contribution in [3.05, 3.63) is 60.4 Å². The van der Waals surface area contributed by atoms with E-state index < -0.39 is 0 Å². The van der Waals surface area contributed by atoms with Gasteiger partial charge in [-0.2, -0.15) is 0 Å². The molecule has 0 aliphatic heterocycles. The monoisotopic (exact) mass is 412 g/mol. The third kappa shape index (κ3) is 5.51. The number of methoxy groups -OCH3 is 1. The second kappa shape index (κ2) is 9.97. The number of carbonyl (C=O) groups excluding carboxylic acids is 1. The fourth-order valence-corrected chi connectivity index (χ4v) is 3.50. The lowest BCUT2D eigenvalue weighted by atomic mass is 10.1. The number of hydrogen-bond acceptors (Lipinski definition) is 6. The van der Waals surface area contributed by atoms with Gasteiger partial charge in [0.25, 0.3) is 0 Å². The summed E-state index contributed by atoms with van der Waals surface area (Å²) in [6.07, 6.45) is 1.63. The summed E-state index contributed by atoms with van der Waals surface area (Å²) >= 11 is 1.34. The highest BCUT2D eigenvalue weighted by atomic mass is 32.2. The number of carbonyl (C=O) groups is 1. The molecule has 0 bridgehead atoms. The van der Waals surface area contributed by atoms with Crippen LogP contribution in [0, 0.1) is 0 Å². The first-order chi connectivity index (χ1) is 14.1. The van der Waals surface area contributed by atoms with Gasteiger partial charge in [-0.1, -0.05) is 23.9 Å². The first-order valence-electron chi connectivity index (χ1n) is 9.30. The lowest BCUT2D eigenvalue weighted by Crippen LogP contribution is -2.28. The van der Waals surface area contributed by atoms with Gasteiger partial charge in [0, 0.05) is 5.69 Å². The Morgan fingerprint density at radius 3 is 2.48 bits per heavy atom. The molecule has 8 heteroatoms. The predicted octanol–water partition coefficient (Wildman–Crippen LogP) is 3.64. The van der Waals surface area contributed by atoms with Crippen LogP contribution >= 0.6 is 11.8 Å². The van der Waals surface area contributed by atoms with Crippen LogP contribution in [0.1, 0.15) is 25.5 Å². The van der Waals surface area contributed by atoms with Crippen LogP contribution in [0.5, 0.6) is 11.5 Å². The van der Waals surface area contributed by atoms with Crippen molar-refractivity contribution >= 4 is 17.7 Å². The van der Waals surface area contributed by atoms with Crippen LogP contribution in [-0.4, -0.2) is 40.1 Å². The van der Waals surface area contributed by atoms with Crippen LogP contribution in [0.3, 0.4) is 0 Å². The third-order valence-corrected chi connectivity index (χ3v) is 5.21. The molecule has 0 radical (unpaired) electrons. The van der Waals surface area contributed by atoms with E-state index in [-0.39, 0.29) is 17.7 Å². The standard InChI is InChI=1S/C21H24N4O3S/c1-4-28-19-9-5-16(6-10-19)15(2)23-20(26)13-29-21-24-22-14-25(21)17-7-11-18(27-3)12-8-17/h5-12,14-15H,4,13H2,1-3H3,(H,23,26). The Balaban J connectivity index is 1.56. The highest BCUT2D eigenvalue weighted by molar-refractivity contribution is 7.99. The number of thioether (sulfide) groups is 1. The molecule has 1 atom stereocenters. The van der Waals surface area contributed by atoms with E-state index in [0.29, 0.717) is 11.8 Å². The number of nitrogens with zero attached hydrogens (tertiary/aromatic N) is 3. The quantitative estimate of drug-likeness (QED) is 0.541. The molecule has 7 nitrogen and oxygen atoms in total. The largest absolute Gasteiger partial charge is 0.497 e. The molecule has 152 valence electrons. The Morgan fingerprint density at radius 1 is 1.14 bits per heavy atom. The van der Waals surface area contributed by atoms with Crippen molar-refractivity contribution in [2.24, 2.45) is 0 Å². The summed E-state index contributed by atoms with van der Waals surface area (Å²) in [6, 6.07) is 15.2. The zero-order valence-electron chi connectivity index (χ0n) is 16.7. The summed E-state index contributed by atoms with van der Waals surface area (Å²) in [6.45, 7) is 4.53. The third-order valence-electron chi connectivity index (χ3n) is 4.27. The number of hydrogen-bond donors (Lipinski definition) is 1. The fourth-order valence-electron chi connectivity index (χ4n) is 2.76. The maximum Gasteiger partial charge on any atom is 0.230 e. The van der Waals surface area contributed by atoms with Crippen molar-refractivity contribution in [2.75, 3.05) is 19.5 Å². The Morgan fingerprint density at radius 2 is 1.83 bits per heavy atom. The zero-order valence-corrected chi connectivity index (χ0v) is 17.5. The Kier molecular flexibility index (Phi) is 7.13. The van der Waals surface area contributed by atoms with E-state index in [9.17, 15) is 4.79 Å². The summed E-state index contributed by atoms with van der Waals surface area (Å²) in [5.41, 5.74) is 1.93. The first-order valence-corrected chi connectivity index (χ1v) is 10.3. The summed E-state index contributed by atoms with van der Waals surface area (Å²) < 4.78 is 12.5. The highest BCUT2D eigenvalue weighted by Crippen LogP contribution is 2.22. The first kappa shape index (κ1) is 20.7. The Labute approximate surface area is 174 Å². The molecule has 0 saturated carbocycles. The average molecular weight is 413 g/mol. The lowest BCUT2D eigenvalue weighted by molar-refractivity contribution is -0.119. The molecule has 3 rings (SSSR count). The molecule has 0 saturated heterocycles. The summed E-state index contributed by atoms with van der Waals surface area (Å²) in [4.78, 5) is 12.4. The van der Waals surface area contributed by atoms with E-state index in [1.807, 2.05) is 66.9 Å². The maximum absolute atomic E-state index is 12.4. The minimum absolute atomic E-state index is 0.0688. The van der Waals surface area contributed by atoms with Crippen molar-refractivity contribution in [2.45, 2.75) is 25.0 Å². The molecule has 1 aromatic heterocycles. The molecule has 0 aliphatic rings. The van der Waals surface area contributed by atoms with Gasteiger partial charge < -0.3 is 14.8 Å². The molecule has 1 amide bonds. The van der Waals surface area contributed by atoms with E-state index in [0.717, 1.165) is 22.7 Å². The number of aromatic nitrogens is 3.